The lowest BCUT2D eigenvalue weighted by Gasteiger charge is -2.18. The molecule has 0 aliphatic carbocycles. The summed E-state index contributed by atoms with van der Waals surface area (Å²) in [4.78, 5) is 38.4. The first kappa shape index (κ1) is 78.3. The van der Waals surface area contributed by atoms with Crippen molar-refractivity contribution in [3.8, 4) is 0 Å². The number of ether oxygens (including phenoxy) is 3. The third kappa shape index (κ3) is 67.1. The summed E-state index contributed by atoms with van der Waals surface area (Å²) in [5.74, 6) is -0.944. The van der Waals surface area contributed by atoms with E-state index >= 15 is 0 Å². The van der Waals surface area contributed by atoms with Gasteiger partial charge in [0.1, 0.15) is 13.2 Å². The van der Waals surface area contributed by atoms with Gasteiger partial charge in [-0.25, -0.2) is 0 Å². The zero-order chi connectivity index (χ0) is 59.2. The Kier molecular flexibility index (Phi) is 66.7. The van der Waals surface area contributed by atoms with Crippen molar-refractivity contribution in [1.29, 1.82) is 0 Å². The van der Waals surface area contributed by atoms with E-state index in [-0.39, 0.29) is 37.5 Å². The molecule has 0 bridgehead atoms. The standard InChI is InChI=1S/C76H132O6/c1-4-7-10-13-16-19-22-25-27-29-31-33-34-35-36-37-38-39-40-41-43-44-46-48-51-54-57-60-63-66-69-75(78)81-72-73(71-80-74(77)68-65-62-59-56-53-50-24-21-18-15-12-9-6-3)82-76(79)70-67-64-61-58-55-52-49-47-45-42-32-30-28-26-23-20-17-14-11-8-5-2/h8,11-12,15,17,20-21,24,26,28,32,42,47,49,55,58,73H,4-7,9-10,13-14,16,18-19,22-23,25,27,29-31,33-41,43-46,48,50-54,56-57,59-72H2,1-3H3/b11-8-,15-12-,20-17-,24-21-,28-26-,42-32-,49-47-,58-55-. The molecule has 1 unspecified atom stereocenters. The predicted octanol–water partition coefficient (Wildman–Crippen LogP) is 24.4. The smallest absolute Gasteiger partial charge is 0.306 e. The van der Waals surface area contributed by atoms with Crippen molar-refractivity contribution in [2.24, 2.45) is 0 Å². The number of allylic oxidation sites excluding steroid dienone is 16. The van der Waals surface area contributed by atoms with Crippen molar-refractivity contribution in [3.63, 3.8) is 0 Å². The minimum absolute atomic E-state index is 0.0978. The maximum absolute atomic E-state index is 12.9. The highest BCUT2D eigenvalue weighted by Gasteiger charge is 2.19. The fraction of sp³-hybridized carbons (Fsp3) is 0.750. The quantitative estimate of drug-likeness (QED) is 0.0261. The molecule has 0 spiro atoms. The van der Waals surface area contributed by atoms with E-state index in [4.69, 9.17) is 14.2 Å². The van der Waals surface area contributed by atoms with Gasteiger partial charge in [0.25, 0.3) is 0 Å². The Morgan fingerprint density at radius 2 is 0.500 bits per heavy atom. The van der Waals surface area contributed by atoms with Crippen LogP contribution in [0.1, 0.15) is 348 Å². The van der Waals surface area contributed by atoms with Gasteiger partial charge in [0.15, 0.2) is 6.10 Å². The molecular formula is C76H132O6. The summed E-state index contributed by atoms with van der Waals surface area (Å²) in [6.45, 7) is 6.46. The molecule has 0 aromatic rings. The van der Waals surface area contributed by atoms with Gasteiger partial charge >= 0.3 is 17.9 Å². The molecule has 0 radical (unpaired) electrons. The van der Waals surface area contributed by atoms with E-state index < -0.39 is 6.10 Å². The molecule has 1 atom stereocenters. The van der Waals surface area contributed by atoms with Gasteiger partial charge in [-0.3, -0.25) is 14.4 Å². The topological polar surface area (TPSA) is 78.9 Å². The predicted molar refractivity (Wildman–Crippen MR) is 357 cm³/mol. The largest absolute Gasteiger partial charge is 0.462 e. The summed E-state index contributed by atoms with van der Waals surface area (Å²) in [5, 5.41) is 0. The highest BCUT2D eigenvalue weighted by atomic mass is 16.6. The molecule has 0 fully saturated rings. The van der Waals surface area contributed by atoms with Gasteiger partial charge in [-0.15, -0.1) is 0 Å². The van der Waals surface area contributed by atoms with Gasteiger partial charge in [-0.05, 0) is 96.3 Å². The molecule has 0 saturated heterocycles. The average molecular weight is 1140 g/mol. The highest BCUT2D eigenvalue weighted by Crippen LogP contribution is 2.18. The monoisotopic (exact) mass is 1140 g/mol. The normalized spacial score (nSPS) is 12.7. The lowest BCUT2D eigenvalue weighted by Crippen LogP contribution is -2.30. The van der Waals surface area contributed by atoms with Crippen molar-refractivity contribution in [1.82, 2.24) is 0 Å². The van der Waals surface area contributed by atoms with Gasteiger partial charge in [0.05, 0.1) is 0 Å². The Hall–Kier alpha value is -3.67. The first-order valence-electron chi connectivity index (χ1n) is 35.2. The summed E-state index contributed by atoms with van der Waals surface area (Å²) in [5.41, 5.74) is 0. The average Bonchev–Trinajstić information content (AvgIpc) is 3.47. The number of carbonyl (C=O) groups excluding carboxylic acids is 3. The fourth-order valence-corrected chi connectivity index (χ4v) is 10.1. The molecule has 0 aliphatic rings. The zero-order valence-electron chi connectivity index (χ0n) is 54.2. The van der Waals surface area contributed by atoms with E-state index in [0.29, 0.717) is 19.3 Å². The van der Waals surface area contributed by atoms with Crippen molar-refractivity contribution in [2.75, 3.05) is 13.2 Å². The third-order valence-electron chi connectivity index (χ3n) is 15.3. The molecule has 0 amide bonds. The molecule has 0 rings (SSSR count). The van der Waals surface area contributed by atoms with Crippen molar-refractivity contribution in [3.05, 3.63) is 97.2 Å². The Morgan fingerprint density at radius 3 is 0.817 bits per heavy atom. The molecule has 0 heterocycles. The Labute approximate surface area is 508 Å². The molecule has 0 aromatic carbocycles. The van der Waals surface area contributed by atoms with Gasteiger partial charge in [-0.1, -0.05) is 330 Å². The van der Waals surface area contributed by atoms with E-state index in [9.17, 15) is 14.4 Å². The third-order valence-corrected chi connectivity index (χ3v) is 15.3. The number of esters is 3. The van der Waals surface area contributed by atoms with Crippen LogP contribution in [0.15, 0.2) is 97.2 Å². The zero-order valence-corrected chi connectivity index (χ0v) is 54.2. The second-order valence-corrected chi connectivity index (χ2v) is 23.4. The van der Waals surface area contributed by atoms with Crippen LogP contribution in [-0.4, -0.2) is 37.2 Å². The summed E-state index contributed by atoms with van der Waals surface area (Å²) in [6.07, 6.45) is 94.6. The van der Waals surface area contributed by atoms with Crippen LogP contribution < -0.4 is 0 Å². The Balaban J connectivity index is 4.27. The minimum Gasteiger partial charge on any atom is -0.462 e. The first-order valence-corrected chi connectivity index (χ1v) is 35.2. The molecule has 0 N–H and O–H groups in total. The molecule has 6 heteroatoms. The summed E-state index contributed by atoms with van der Waals surface area (Å²) < 4.78 is 16.9. The van der Waals surface area contributed by atoms with Crippen LogP contribution in [0, 0.1) is 0 Å². The molecule has 0 aromatic heterocycles. The van der Waals surface area contributed by atoms with Crippen LogP contribution in [0.25, 0.3) is 0 Å². The maximum Gasteiger partial charge on any atom is 0.306 e. The SMILES string of the molecule is CC/C=C\C/C=C\C/C=C\C/C=C\C/C=C\C/C=C\CCCCC(=O)OC(COC(=O)CCCCCCC/C=C\C/C=C\CCC)COC(=O)CCCCCCCCCCCCCCCCCCCCCCCCCCCCCCCC. The number of rotatable bonds is 64. The van der Waals surface area contributed by atoms with E-state index in [1.807, 2.05) is 0 Å². The van der Waals surface area contributed by atoms with Crippen LogP contribution in [0.2, 0.25) is 0 Å². The molecule has 0 aliphatic heterocycles. The second kappa shape index (κ2) is 69.8. The van der Waals surface area contributed by atoms with Crippen LogP contribution in [0.4, 0.5) is 0 Å². The summed E-state index contributed by atoms with van der Waals surface area (Å²) in [7, 11) is 0. The van der Waals surface area contributed by atoms with E-state index in [1.165, 1.54) is 180 Å². The molecule has 472 valence electrons. The van der Waals surface area contributed by atoms with Crippen LogP contribution in [0.5, 0.6) is 0 Å². The number of hydrogen-bond donors (Lipinski definition) is 0. The summed E-state index contributed by atoms with van der Waals surface area (Å²) >= 11 is 0. The Bertz CT molecular complexity index is 1590. The lowest BCUT2D eigenvalue weighted by atomic mass is 10.0. The van der Waals surface area contributed by atoms with E-state index in [2.05, 4.69) is 118 Å². The molecule has 82 heavy (non-hydrogen) atoms. The van der Waals surface area contributed by atoms with Crippen LogP contribution in [-0.2, 0) is 28.6 Å². The number of unbranched alkanes of at least 4 members (excludes halogenated alkanes) is 37. The highest BCUT2D eigenvalue weighted by molar-refractivity contribution is 5.71. The van der Waals surface area contributed by atoms with Crippen molar-refractivity contribution in [2.45, 2.75) is 354 Å². The minimum atomic E-state index is -0.808. The second-order valence-electron chi connectivity index (χ2n) is 23.4. The summed E-state index contributed by atoms with van der Waals surface area (Å²) in [6, 6.07) is 0. The molecule has 6 nitrogen and oxygen atoms in total. The van der Waals surface area contributed by atoms with E-state index in [1.54, 1.807) is 0 Å². The fourth-order valence-electron chi connectivity index (χ4n) is 10.1. The van der Waals surface area contributed by atoms with Gasteiger partial charge in [0.2, 0.25) is 0 Å². The Morgan fingerprint density at radius 1 is 0.256 bits per heavy atom. The van der Waals surface area contributed by atoms with Crippen LogP contribution >= 0.6 is 0 Å². The van der Waals surface area contributed by atoms with Crippen molar-refractivity contribution < 1.29 is 28.6 Å². The van der Waals surface area contributed by atoms with E-state index in [0.717, 1.165) is 122 Å². The first-order chi connectivity index (χ1) is 40.5. The van der Waals surface area contributed by atoms with Crippen molar-refractivity contribution >= 4 is 17.9 Å². The van der Waals surface area contributed by atoms with Gasteiger partial charge < -0.3 is 14.2 Å². The number of hydrogen-bond acceptors (Lipinski definition) is 6. The van der Waals surface area contributed by atoms with Crippen LogP contribution in [0.3, 0.4) is 0 Å². The van der Waals surface area contributed by atoms with Gasteiger partial charge in [-0.2, -0.15) is 0 Å². The lowest BCUT2D eigenvalue weighted by molar-refractivity contribution is -0.167. The maximum atomic E-state index is 12.9. The number of carbonyl (C=O) groups is 3. The van der Waals surface area contributed by atoms with Gasteiger partial charge in [0, 0.05) is 19.3 Å². The molecule has 0 saturated carbocycles. The molecular weight excluding hydrogens is 1010 g/mol.